The zero-order chi connectivity index (χ0) is 22.1. The van der Waals surface area contributed by atoms with E-state index in [1.807, 2.05) is 12.1 Å². The normalized spacial score (nSPS) is 17.8. The molecule has 158 valence electrons. The fraction of sp³-hybridized carbons (Fsp3) is 0.214. The summed E-state index contributed by atoms with van der Waals surface area (Å²) >= 11 is 0. The highest BCUT2D eigenvalue weighted by Crippen LogP contribution is 2.48. The number of para-hydroxylation sites is 1. The van der Waals surface area contributed by atoms with Gasteiger partial charge in [0.05, 0.1) is 11.2 Å². The van der Waals surface area contributed by atoms with Crippen LogP contribution in [-0.4, -0.2) is 18.3 Å². The second-order valence-electron chi connectivity index (χ2n) is 9.65. The molecule has 2 aliphatic rings. The van der Waals surface area contributed by atoms with Crippen molar-refractivity contribution in [2.75, 3.05) is 0 Å². The van der Waals surface area contributed by atoms with Gasteiger partial charge in [-0.25, -0.2) is 0 Å². The summed E-state index contributed by atoms with van der Waals surface area (Å²) in [7, 11) is -0.352. The van der Waals surface area contributed by atoms with Crippen LogP contribution in [0.1, 0.15) is 27.7 Å². The maximum absolute atomic E-state index is 6.23. The van der Waals surface area contributed by atoms with Crippen molar-refractivity contribution < 1.29 is 14.0 Å². The second-order valence-corrected chi connectivity index (χ2v) is 9.65. The van der Waals surface area contributed by atoms with Crippen LogP contribution in [-0.2, 0) is 9.31 Å². The Morgan fingerprint density at radius 3 is 2.03 bits per heavy atom. The zero-order valence-electron chi connectivity index (χ0n) is 18.8. The molecule has 0 bridgehead atoms. The Morgan fingerprint density at radius 1 is 0.594 bits per heavy atom. The fourth-order valence-corrected chi connectivity index (χ4v) is 4.63. The molecule has 1 fully saturated rings. The van der Waals surface area contributed by atoms with Crippen LogP contribution in [0.25, 0.3) is 33.0 Å². The number of ether oxygens (including phenoxy) is 1. The lowest BCUT2D eigenvalue weighted by molar-refractivity contribution is 0.00578. The first kappa shape index (κ1) is 19.6. The average molecular weight is 420 g/mol. The fourth-order valence-electron chi connectivity index (χ4n) is 4.63. The molecule has 4 heteroatoms. The maximum atomic E-state index is 6.23. The first-order valence-corrected chi connectivity index (χ1v) is 11.1. The van der Waals surface area contributed by atoms with Gasteiger partial charge in [-0.2, -0.15) is 0 Å². The average Bonchev–Trinajstić information content (AvgIpc) is 3.01. The largest absolute Gasteiger partial charge is 0.494 e. The van der Waals surface area contributed by atoms with Crippen LogP contribution in [0, 0.1) is 0 Å². The van der Waals surface area contributed by atoms with E-state index in [0.29, 0.717) is 0 Å². The smallest absolute Gasteiger partial charge is 0.456 e. The monoisotopic (exact) mass is 420 g/mol. The molecular weight excluding hydrogens is 395 g/mol. The van der Waals surface area contributed by atoms with Crippen molar-refractivity contribution in [3.8, 4) is 33.8 Å². The maximum Gasteiger partial charge on any atom is 0.494 e. The quantitative estimate of drug-likeness (QED) is 0.302. The lowest BCUT2D eigenvalue weighted by Crippen LogP contribution is -2.41. The van der Waals surface area contributed by atoms with Crippen LogP contribution in [0.3, 0.4) is 0 Å². The van der Waals surface area contributed by atoms with Crippen LogP contribution >= 0.6 is 0 Å². The van der Waals surface area contributed by atoms with Gasteiger partial charge in [-0.15, -0.1) is 0 Å². The summed E-state index contributed by atoms with van der Waals surface area (Å²) in [5.74, 6) is 1.82. The minimum absolute atomic E-state index is 0.344. The summed E-state index contributed by atoms with van der Waals surface area (Å²) in [6, 6.07) is 27.5. The van der Waals surface area contributed by atoms with Crippen LogP contribution in [0.15, 0.2) is 78.9 Å². The molecule has 32 heavy (non-hydrogen) atoms. The molecule has 0 amide bonds. The van der Waals surface area contributed by atoms with Crippen molar-refractivity contribution >= 4 is 23.4 Å². The van der Waals surface area contributed by atoms with Gasteiger partial charge >= 0.3 is 7.12 Å². The van der Waals surface area contributed by atoms with Gasteiger partial charge < -0.3 is 14.0 Å². The number of fused-ring (bicyclic) bond motifs is 2. The van der Waals surface area contributed by atoms with Gasteiger partial charge in [0.1, 0.15) is 11.5 Å². The number of rotatable bonds is 2. The number of benzene rings is 4. The highest BCUT2D eigenvalue weighted by Gasteiger charge is 2.51. The van der Waals surface area contributed by atoms with Crippen LogP contribution < -0.4 is 10.2 Å². The van der Waals surface area contributed by atoms with Gasteiger partial charge in [-0.05, 0) is 67.4 Å². The van der Waals surface area contributed by atoms with Gasteiger partial charge in [0.2, 0.25) is 0 Å². The predicted molar refractivity (Wildman–Crippen MR) is 131 cm³/mol. The molecule has 0 atom stereocenters. The van der Waals surface area contributed by atoms with Gasteiger partial charge in [0, 0.05) is 10.9 Å². The van der Waals surface area contributed by atoms with Crippen molar-refractivity contribution in [3.63, 3.8) is 0 Å². The Kier molecular flexibility index (Phi) is 4.11. The minimum Gasteiger partial charge on any atom is -0.456 e. The first-order chi connectivity index (χ1) is 15.3. The molecule has 0 radical (unpaired) electrons. The molecule has 1 saturated heterocycles. The standard InChI is InChI=1S/C28H25BO3/c1-27(2)28(3,4)32-29(31-27)19-14-12-18(13-15-19)20-16-17-25-26-22(20)9-7-10-23(26)21-8-5-6-11-24(21)30-25/h5-17H,1-4H3. The third-order valence-corrected chi connectivity index (χ3v) is 7.15. The van der Waals surface area contributed by atoms with Crippen LogP contribution in [0.4, 0.5) is 0 Å². The Hall–Kier alpha value is -3.08. The first-order valence-electron chi connectivity index (χ1n) is 11.1. The highest BCUT2D eigenvalue weighted by atomic mass is 16.7. The summed E-state index contributed by atoms with van der Waals surface area (Å²) in [6.07, 6.45) is 0. The predicted octanol–water partition coefficient (Wildman–Crippen LogP) is 6.58. The summed E-state index contributed by atoms with van der Waals surface area (Å²) in [6.45, 7) is 8.32. The van der Waals surface area contributed by atoms with Gasteiger partial charge in [0.25, 0.3) is 0 Å². The molecule has 0 saturated carbocycles. The molecule has 2 heterocycles. The molecule has 3 nitrogen and oxygen atoms in total. The van der Waals surface area contributed by atoms with E-state index >= 15 is 0 Å². The minimum atomic E-state index is -0.352. The Balaban J connectivity index is 1.42. The zero-order valence-corrected chi connectivity index (χ0v) is 18.8. The molecule has 0 unspecified atom stereocenters. The Labute approximate surface area is 189 Å². The van der Waals surface area contributed by atoms with Gasteiger partial charge in [-0.3, -0.25) is 0 Å². The van der Waals surface area contributed by atoms with Crippen LogP contribution in [0.5, 0.6) is 11.5 Å². The summed E-state index contributed by atoms with van der Waals surface area (Å²) < 4.78 is 18.7. The van der Waals surface area contributed by atoms with Gasteiger partial charge in [0.15, 0.2) is 0 Å². The lowest BCUT2D eigenvalue weighted by atomic mass is 9.78. The van der Waals surface area contributed by atoms with E-state index < -0.39 is 0 Å². The van der Waals surface area contributed by atoms with Crippen molar-refractivity contribution in [2.45, 2.75) is 38.9 Å². The van der Waals surface area contributed by atoms with E-state index in [0.717, 1.165) is 28.1 Å². The summed E-state index contributed by atoms with van der Waals surface area (Å²) in [5.41, 5.74) is 5.05. The van der Waals surface area contributed by atoms with E-state index in [2.05, 4.69) is 94.4 Å². The molecule has 0 spiro atoms. The highest BCUT2D eigenvalue weighted by molar-refractivity contribution is 6.62. The molecular formula is C28H25BO3. The molecule has 0 aromatic heterocycles. The molecule has 0 N–H and O–H groups in total. The van der Waals surface area contributed by atoms with Crippen molar-refractivity contribution in [2.24, 2.45) is 0 Å². The van der Waals surface area contributed by atoms with Crippen molar-refractivity contribution in [1.29, 1.82) is 0 Å². The van der Waals surface area contributed by atoms with Crippen molar-refractivity contribution in [1.82, 2.24) is 0 Å². The lowest BCUT2D eigenvalue weighted by Gasteiger charge is -2.32. The molecule has 0 aliphatic carbocycles. The van der Waals surface area contributed by atoms with E-state index in [1.54, 1.807) is 0 Å². The van der Waals surface area contributed by atoms with E-state index in [1.165, 1.54) is 21.9 Å². The second kappa shape index (κ2) is 6.71. The number of hydrogen-bond acceptors (Lipinski definition) is 3. The molecule has 4 aromatic rings. The van der Waals surface area contributed by atoms with Gasteiger partial charge in [-0.1, -0.05) is 66.7 Å². The molecule has 2 aliphatic heterocycles. The van der Waals surface area contributed by atoms with E-state index in [-0.39, 0.29) is 18.3 Å². The SMILES string of the molecule is CC1(C)OB(c2ccc(-c3ccc4c5c(cccc35)-c3ccccc3O4)cc2)OC1(C)C. The third-order valence-electron chi connectivity index (χ3n) is 7.15. The van der Waals surface area contributed by atoms with E-state index in [4.69, 9.17) is 14.0 Å². The Morgan fingerprint density at radius 2 is 1.28 bits per heavy atom. The third kappa shape index (κ3) is 2.83. The Bertz CT molecular complexity index is 1340. The topological polar surface area (TPSA) is 27.7 Å². The van der Waals surface area contributed by atoms with Crippen molar-refractivity contribution in [3.05, 3.63) is 78.9 Å². The summed E-state index contributed by atoms with van der Waals surface area (Å²) in [5, 5.41) is 2.36. The molecule has 4 aromatic carbocycles. The van der Waals surface area contributed by atoms with E-state index in [9.17, 15) is 0 Å². The molecule has 6 rings (SSSR count). The summed E-state index contributed by atoms with van der Waals surface area (Å²) in [4.78, 5) is 0. The number of hydrogen-bond donors (Lipinski definition) is 0. The van der Waals surface area contributed by atoms with Crippen LogP contribution in [0.2, 0.25) is 0 Å².